The maximum atomic E-state index is 3.99. The molecule has 2 nitrogen and oxygen atoms in total. The second-order valence-electron chi connectivity index (χ2n) is 2.73. The smallest absolute Gasteiger partial charge is 0.114 e. The molecule has 1 aliphatic rings. The van der Waals surface area contributed by atoms with E-state index in [1.807, 2.05) is 17.8 Å². The Morgan fingerprint density at radius 2 is 2.25 bits per heavy atom. The summed E-state index contributed by atoms with van der Waals surface area (Å²) < 4.78 is 0. The van der Waals surface area contributed by atoms with Gasteiger partial charge < -0.3 is 4.90 Å². The molecule has 0 bridgehead atoms. The Kier molecular flexibility index (Phi) is 2.51. The van der Waals surface area contributed by atoms with Gasteiger partial charge in [-0.15, -0.1) is 0 Å². The summed E-state index contributed by atoms with van der Waals surface area (Å²) in [5.74, 6) is 2.45. The quantitative estimate of drug-likeness (QED) is 0.649. The standard InChI is InChI=1S/C9H11N2S/c1-2-9(8-10-3-1)11-4-6-12-7-5-11/h1-3H,4-7H2. The number of nitrogens with zero attached hydrogens (tertiary/aromatic N) is 2. The Labute approximate surface area is 77.0 Å². The van der Waals surface area contributed by atoms with Crippen molar-refractivity contribution in [3.8, 4) is 0 Å². The van der Waals surface area contributed by atoms with Crippen LogP contribution in [0.5, 0.6) is 0 Å². The third kappa shape index (κ3) is 1.72. The lowest BCUT2D eigenvalue weighted by Gasteiger charge is -2.27. The van der Waals surface area contributed by atoms with E-state index in [0.29, 0.717) is 0 Å². The molecule has 1 aromatic heterocycles. The summed E-state index contributed by atoms with van der Waals surface area (Å²) in [5, 5.41) is 0. The van der Waals surface area contributed by atoms with E-state index in [-0.39, 0.29) is 0 Å². The van der Waals surface area contributed by atoms with E-state index >= 15 is 0 Å². The molecule has 1 aromatic rings. The van der Waals surface area contributed by atoms with Crippen LogP contribution in [0.2, 0.25) is 0 Å². The molecule has 63 valence electrons. The van der Waals surface area contributed by atoms with Crippen LogP contribution in [0.1, 0.15) is 0 Å². The first-order chi connectivity index (χ1) is 5.97. The Hall–Kier alpha value is -0.700. The van der Waals surface area contributed by atoms with Gasteiger partial charge in [-0.3, -0.25) is 4.98 Å². The minimum Gasteiger partial charge on any atom is -0.368 e. The number of anilines is 1. The fourth-order valence-corrected chi connectivity index (χ4v) is 2.20. The fourth-order valence-electron chi connectivity index (χ4n) is 1.30. The molecule has 0 aromatic carbocycles. The van der Waals surface area contributed by atoms with E-state index in [0.717, 1.165) is 18.8 Å². The van der Waals surface area contributed by atoms with Crippen molar-refractivity contribution in [3.63, 3.8) is 0 Å². The van der Waals surface area contributed by atoms with Gasteiger partial charge in [0.2, 0.25) is 0 Å². The molecule has 2 rings (SSSR count). The topological polar surface area (TPSA) is 16.1 Å². The van der Waals surface area contributed by atoms with Gasteiger partial charge in [-0.1, -0.05) is 0 Å². The average Bonchev–Trinajstić information content (AvgIpc) is 2.21. The van der Waals surface area contributed by atoms with Gasteiger partial charge in [-0.05, 0) is 12.1 Å². The first kappa shape index (κ1) is 7.92. The van der Waals surface area contributed by atoms with Crippen molar-refractivity contribution in [2.24, 2.45) is 0 Å². The summed E-state index contributed by atoms with van der Waals surface area (Å²) >= 11 is 2.02. The predicted molar refractivity (Wildman–Crippen MR) is 52.6 cm³/mol. The molecular weight excluding hydrogens is 168 g/mol. The summed E-state index contributed by atoms with van der Waals surface area (Å²) in [6.45, 7) is 2.26. The molecule has 0 amide bonds. The fraction of sp³-hybridized carbons (Fsp3) is 0.444. The number of thioether (sulfide) groups is 1. The van der Waals surface area contributed by atoms with Crippen LogP contribution in [0.15, 0.2) is 18.3 Å². The second kappa shape index (κ2) is 3.81. The summed E-state index contributed by atoms with van der Waals surface area (Å²) in [6, 6.07) is 4.04. The number of hydrogen-bond acceptors (Lipinski definition) is 3. The van der Waals surface area contributed by atoms with Crippen LogP contribution in [0.4, 0.5) is 5.69 Å². The second-order valence-corrected chi connectivity index (χ2v) is 3.96. The van der Waals surface area contributed by atoms with Crippen LogP contribution in [0.25, 0.3) is 0 Å². The normalized spacial score (nSPS) is 17.8. The highest BCUT2D eigenvalue weighted by Gasteiger charge is 2.10. The lowest BCUT2D eigenvalue weighted by molar-refractivity contribution is 0.854. The average molecular weight is 179 g/mol. The highest BCUT2D eigenvalue weighted by molar-refractivity contribution is 7.99. The summed E-state index contributed by atoms with van der Waals surface area (Å²) in [7, 11) is 0. The van der Waals surface area contributed by atoms with Gasteiger partial charge >= 0.3 is 0 Å². The molecule has 0 unspecified atom stereocenters. The van der Waals surface area contributed by atoms with E-state index in [1.165, 1.54) is 11.5 Å². The zero-order valence-electron chi connectivity index (χ0n) is 6.86. The molecule has 1 aliphatic heterocycles. The highest BCUT2D eigenvalue weighted by atomic mass is 32.2. The molecular formula is C9H11N2S. The number of hydrogen-bond donors (Lipinski definition) is 0. The monoisotopic (exact) mass is 179 g/mol. The van der Waals surface area contributed by atoms with Gasteiger partial charge in [0.25, 0.3) is 0 Å². The lowest BCUT2D eigenvalue weighted by Crippen LogP contribution is -2.32. The first-order valence-corrected chi connectivity index (χ1v) is 5.28. The van der Waals surface area contributed by atoms with Crippen molar-refractivity contribution in [1.29, 1.82) is 0 Å². The molecule has 1 radical (unpaired) electrons. The van der Waals surface area contributed by atoms with Crippen LogP contribution in [0.3, 0.4) is 0 Å². The Morgan fingerprint density at radius 1 is 1.42 bits per heavy atom. The van der Waals surface area contributed by atoms with Gasteiger partial charge in [0.15, 0.2) is 0 Å². The number of pyridine rings is 1. The third-order valence-corrected chi connectivity index (χ3v) is 2.89. The molecule has 3 heteroatoms. The minimum absolute atomic E-state index is 1.13. The van der Waals surface area contributed by atoms with Crippen molar-refractivity contribution >= 4 is 17.4 Å². The molecule has 12 heavy (non-hydrogen) atoms. The minimum atomic E-state index is 1.13. The van der Waals surface area contributed by atoms with Gasteiger partial charge in [0.05, 0.1) is 5.69 Å². The van der Waals surface area contributed by atoms with E-state index in [2.05, 4.69) is 22.1 Å². The largest absolute Gasteiger partial charge is 0.368 e. The summed E-state index contributed by atoms with van der Waals surface area (Å²) in [6.07, 6.45) is 4.77. The van der Waals surface area contributed by atoms with Crippen LogP contribution >= 0.6 is 11.8 Å². The van der Waals surface area contributed by atoms with E-state index in [9.17, 15) is 0 Å². The van der Waals surface area contributed by atoms with Crippen molar-refractivity contribution in [3.05, 3.63) is 24.5 Å². The Bertz CT molecular complexity index is 232. The van der Waals surface area contributed by atoms with Crippen LogP contribution < -0.4 is 4.90 Å². The maximum absolute atomic E-state index is 3.99. The zero-order chi connectivity index (χ0) is 8.23. The van der Waals surface area contributed by atoms with Gasteiger partial charge in [-0.2, -0.15) is 11.8 Å². The maximum Gasteiger partial charge on any atom is 0.114 e. The van der Waals surface area contributed by atoms with Gasteiger partial charge in [0, 0.05) is 30.8 Å². The molecule has 1 fully saturated rings. The number of aromatic nitrogens is 1. The SMILES string of the molecule is [c]1ncccc1N1CCSCC1. The molecule has 0 aliphatic carbocycles. The zero-order valence-corrected chi connectivity index (χ0v) is 7.68. The van der Waals surface area contributed by atoms with E-state index in [1.54, 1.807) is 6.20 Å². The number of rotatable bonds is 1. The molecule has 0 N–H and O–H groups in total. The van der Waals surface area contributed by atoms with Crippen molar-refractivity contribution in [1.82, 2.24) is 4.98 Å². The Balaban J connectivity index is 2.08. The first-order valence-electron chi connectivity index (χ1n) is 4.12. The van der Waals surface area contributed by atoms with Crippen molar-refractivity contribution in [2.75, 3.05) is 29.5 Å². The van der Waals surface area contributed by atoms with Crippen molar-refractivity contribution < 1.29 is 0 Å². The molecule has 1 saturated heterocycles. The summed E-state index contributed by atoms with van der Waals surface area (Å²) in [4.78, 5) is 6.32. The third-order valence-electron chi connectivity index (χ3n) is 1.95. The van der Waals surface area contributed by atoms with Gasteiger partial charge in [0.1, 0.15) is 6.20 Å². The predicted octanol–water partition coefficient (Wildman–Crippen LogP) is 1.43. The molecule has 2 heterocycles. The highest BCUT2D eigenvalue weighted by Crippen LogP contribution is 2.16. The molecule has 0 spiro atoms. The van der Waals surface area contributed by atoms with E-state index < -0.39 is 0 Å². The summed E-state index contributed by atoms with van der Waals surface area (Å²) in [5.41, 5.74) is 1.14. The van der Waals surface area contributed by atoms with E-state index in [4.69, 9.17) is 0 Å². The van der Waals surface area contributed by atoms with Crippen LogP contribution in [-0.2, 0) is 0 Å². The van der Waals surface area contributed by atoms with Gasteiger partial charge in [-0.25, -0.2) is 0 Å². The van der Waals surface area contributed by atoms with Crippen LogP contribution in [0, 0.1) is 6.20 Å². The lowest BCUT2D eigenvalue weighted by atomic mass is 10.3. The molecule has 0 saturated carbocycles. The van der Waals surface area contributed by atoms with Crippen molar-refractivity contribution in [2.45, 2.75) is 0 Å². The Morgan fingerprint density at radius 3 is 2.92 bits per heavy atom. The molecule has 0 atom stereocenters. The van der Waals surface area contributed by atoms with Crippen LogP contribution in [-0.4, -0.2) is 29.6 Å².